The molecule has 1 heterocycles. The van der Waals surface area contributed by atoms with Crippen LogP contribution in [0.3, 0.4) is 0 Å². The van der Waals surface area contributed by atoms with Crippen LogP contribution in [0, 0.1) is 13.8 Å². The highest BCUT2D eigenvalue weighted by atomic mass is 16.5. The second-order valence-electron chi connectivity index (χ2n) is 4.26. The Kier molecular flexibility index (Phi) is 3.77. The molecule has 5 nitrogen and oxygen atoms in total. The van der Waals surface area contributed by atoms with E-state index in [0.29, 0.717) is 5.82 Å². The fourth-order valence-corrected chi connectivity index (χ4v) is 1.70. The van der Waals surface area contributed by atoms with Gasteiger partial charge in [0, 0.05) is 11.9 Å². The number of nitrogens with zero attached hydrogens (tertiary/aromatic N) is 1. The number of rotatable bonds is 3. The summed E-state index contributed by atoms with van der Waals surface area (Å²) in [6.45, 7) is 4.05. The minimum absolute atomic E-state index is 0.281. The molecule has 1 aromatic carbocycles. The monoisotopic (exact) mass is 257 g/mol. The summed E-state index contributed by atoms with van der Waals surface area (Å²) in [5, 5.41) is 11.8. The fraction of sp³-hybridized carbons (Fsp3) is 0.143. The summed E-state index contributed by atoms with van der Waals surface area (Å²) in [5.41, 5.74) is 5.07. The second kappa shape index (κ2) is 5.49. The van der Waals surface area contributed by atoms with Crippen LogP contribution in [0.15, 0.2) is 36.5 Å². The van der Waals surface area contributed by atoms with Gasteiger partial charge in [-0.05, 0) is 49.2 Å². The highest BCUT2D eigenvalue weighted by molar-refractivity contribution is 5.98. The van der Waals surface area contributed by atoms with Gasteiger partial charge in [0.1, 0.15) is 5.82 Å². The first-order valence-electron chi connectivity index (χ1n) is 5.85. The summed E-state index contributed by atoms with van der Waals surface area (Å²) in [6.07, 6.45) is 1.58. The van der Waals surface area contributed by atoms with Gasteiger partial charge in [-0.25, -0.2) is 10.5 Å². The van der Waals surface area contributed by atoms with Crippen LogP contribution in [0.25, 0.3) is 0 Å². The van der Waals surface area contributed by atoms with Crippen LogP contribution in [0.1, 0.15) is 21.5 Å². The number of benzene rings is 1. The SMILES string of the molecule is Cc1ccc(Nc2ncccc2C(=O)NO)cc1C. The van der Waals surface area contributed by atoms with Gasteiger partial charge in [-0.15, -0.1) is 0 Å². The van der Waals surface area contributed by atoms with Gasteiger partial charge < -0.3 is 5.32 Å². The first-order valence-corrected chi connectivity index (χ1v) is 5.85. The predicted molar refractivity (Wildman–Crippen MR) is 72.7 cm³/mol. The topological polar surface area (TPSA) is 74.2 Å². The normalized spacial score (nSPS) is 10.1. The van der Waals surface area contributed by atoms with Crippen molar-refractivity contribution in [1.29, 1.82) is 0 Å². The lowest BCUT2D eigenvalue weighted by molar-refractivity contribution is 0.0707. The van der Waals surface area contributed by atoms with Crippen molar-refractivity contribution in [2.75, 3.05) is 5.32 Å². The molecular weight excluding hydrogens is 242 g/mol. The number of pyridine rings is 1. The van der Waals surface area contributed by atoms with Crippen LogP contribution >= 0.6 is 0 Å². The van der Waals surface area contributed by atoms with Crippen LogP contribution in [0.4, 0.5) is 11.5 Å². The number of aryl methyl sites for hydroxylation is 2. The Morgan fingerprint density at radius 2 is 2.00 bits per heavy atom. The number of amides is 1. The lowest BCUT2D eigenvalue weighted by Gasteiger charge is -2.10. The standard InChI is InChI=1S/C14H15N3O2/c1-9-5-6-11(8-10(9)2)16-13-12(14(18)17-19)4-3-7-15-13/h3-8,19H,1-2H3,(H,15,16)(H,17,18). The molecular formula is C14H15N3O2. The first kappa shape index (κ1) is 13.0. The highest BCUT2D eigenvalue weighted by Gasteiger charge is 2.11. The Morgan fingerprint density at radius 1 is 1.21 bits per heavy atom. The van der Waals surface area contributed by atoms with Crippen molar-refractivity contribution in [3.05, 3.63) is 53.2 Å². The van der Waals surface area contributed by atoms with E-state index in [9.17, 15) is 4.79 Å². The molecule has 1 aromatic heterocycles. The summed E-state index contributed by atoms with van der Waals surface area (Å²) >= 11 is 0. The highest BCUT2D eigenvalue weighted by Crippen LogP contribution is 2.20. The van der Waals surface area contributed by atoms with Crippen LogP contribution in [0.2, 0.25) is 0 Å². The molecule has 0 saturated heterocycles. The third-order valence-electron chi connectivity index (χ3n) is 2.92. The molecule has 19 heavy (non-hydrogen) atoms. The summed E-state index contributed by atoms with van der Waals surface area (Å²) in [6, 6.07) is 9.10. The quantitative estimate of drug-likeness (QED) is 0.583. The molecule has 1 amide bonds. The molecule has 3 N–H and O–H groups in total. The molecule has 0 aliphatic heterocycles. The molecule has 0 saturated carbocycles. The smallest absolute Gasteiger partial charge is 0.278 e. The molecule has 2 aromatic rings. The number of carbonyl (C=O) groups excluding carboxylic acids is 1. The van der Waals surface area contributed by atoms with E-state index in [1.807, 2.05) is 32.0 Å². The first-order chi connectivity index (χ1) is 9.11. The molecule has 5 heteroatoms. The van der Waals surface area contributed by atoms with E-state index >= 15 is 0 Å². The Labute approximate surface area is 111 Å². The number of carbonyl (C=O) groups is 1. The molecule has 0 atom stereocenters. The van der Waals surface area contributed by atoms with Crippen LogP contribution in [-0.4, -0.2) is 16.1 Å². The predicted octanol–water partition coefficient (Wildman–Crippen LogP) is 2.56. The largest absolute Gasteiger partial charge is 0.340 e. The van der Waals surface area contributed by atoms with E-state index in [-0.39, 0.29) is 5.56 Å². The van der Waals surface area contributed by atoms with Crippen molar-refractivity contribution in [3.8, 4) is 0 Å². The molecule has 98 valence electrons. The van der Waals surface area contributed by atoms with Crippen molar-refractivity contribution in [2.24, 2.45) is 0 Å². The fourth-order valence-electron chi connectivity index (χ4n) is 1.70. The number of aromatic nitrogens is 1. The van der Waals surface area contributed by atoms with Gasteiger partial charge in [0.2, 0.25) is 0 Å². The maximum Gasteiger partial charge on any atom is 0.278 e. The van der Waals surface area contributed by atoms with E-state index < -0.39 is 5.91 Å². The molecule has 2 rings (SSSR count). The van der Waals surface area contributed by atoms with Gasteiger partial charge in [0.05, 0.1) is 5.56 Å². The summed E-state index contributed by atoms with van der Waals surface area (Å²) in [4.78, 5) is 15.6. The zero-order valence-electron chi connectivity index (χ0n) is 10.8. The van der Waals surface area contributed by atoms with Gasteiger partial charge in [0.25, 0.3) is 5.91 Å². The van der Waals surface area contributed by atoms with Crippen molar-refractivity contribution in [3.63, 3.8) is 0 Å². The molecule has 0 bridgehead atoms. The molecule has 0 spiro atoms. The van der Waals surface area contributed by atoms with Crippen molar-refractivity contribution in [1.82, 2.24) is 10.5 Å². The maximum atomic E-state index is 11.5. The van der Waals surface area contributed by atoms with Crippen LogP contribution in [-0.2, 0) is 0 Å². The summed E-state index contributed by atoms with van der Waals surface area (Å²) in [5.74, 6) is -0.197. The van der Waals surface area contributed by atoms with Gasteiger partial charge in [-0.2, -0.15) is 0 Å². The van der Waals surface area contributed by atoms with Crippen LogP contribution in [0.5, 0.6) is 0 Å². The van der Waals surface area contributed by atoms with Crippen molar-refractivity contribution < 1.29 is 10.0 Å². The number of hydrogen-bond acceptors (Lipinski definition) is 4. The third-order valence-corrected chi connectivity index (χ3v) is 2.92. The zero-order chi connectivity index (χ0) is 13.8. The summed E-state index contributed by atoms with van der Waals surface area (Å²) < 4.78 is 0. The molecule has 0 fully saturated rings. The molecule has 0 aliphatic carbocycles. The molecule has 0 radical (unpaired) electrons. The van der Waals surface area contributed by atoms with E-state index in [2.05, 4.69) is 10.3 Å². The number of nitrogens with one attached hydrogen (secondary N) is 2. The van der Waals surface area contributed by atoms with Crippen molar-refractivity contribution >= 4 is 17.4 Å². The Hall–Kier alpha value is -2.40. The number of anilines is 2. The third kappa shape index (κ3) is 2.89. The van der Waals surface area contributed by atoms with E-state index in [0.717, 1.165) is 11.3 Å². The minimum atomic E-state index is -0.598. The average Bonchev–Trinajstić information content (AvgIpc) is 2.43. The molecule has 0 unspecified atom stereocenters. The average molecular weight is 257 g/mol. The number of hydroxylamine groups is 1. The number of hydrogen-bond donors (Lipinski definition) is 3. The van der Waals surface area contributed by atoms with Gasteiger partial charge in [0.15, 0.2) is 0 Å². The van der Waals surface area contributed by atoms with E-state index in [4.69, 9.17) is 5.21 Å². The van der Waals surface area contributed by atoms with Gasteiger partial charge in [-0.3, -0.25) is 10.0 Å². The minimum Gasteiger partial charge on any atom is -0.340 e. The molecule has 0 aliphatic rings. The maximum absolute atomic E-state index is 11.5. The lowest BCUT2D eigenvalue weighted by Crippen LogP contribution is -2.20. The lowest BCUT2D eigenvalue weighted by atomic mass is 10.1. The Bertz CT molecular complexity index is 611. The zero-order valence-corrected chi connectivity index (χ0v) is 10.8. The summed E-state index contributed by atoms with van der Waals surface area (Å²) in [7, 11) is 0. The van der Waals surface area contributed by atoms with Crippen molar-refractivity contribution in [2.45, 2.75) is 13.8 Å². The Balaban J connectivity index is 2.32. The van der Waals surface area contributed by atoms with Gasteiger partial charge in [-0.1, -0.05) is 6.07 Å². The van der Waals surface area contributed by atoms with E-state index in [1.54, 1.807) is 23.8 Å². The van der Waals surface area contributed by atoms with Crippen LogP contribution < -0.4 is 10.8 Å². The second-order valence-corrected chi connectivity index (χ2v) is 4.26. The van der Waals surface area contributed by atoms with Gasteiger partial charge >= 0.3 is 0 Å². The van der Waals surface area contributed by atoms with E-state index in [1.165, 1.54) is 5.56 Å². The Morgan fingerprint density at radius 3 is 2.68 bits per heavy atom.